The van der Waals surface area contributed by atoms with E-state index in [0.29, 0.717) is 16.5 Å². The Bertz CT molecular complexity index is 1050. The van der Waals surface area contributed by atoms with Crippen LogP contribution in [0.4, 0.5) is 5.69 Å². The molecule has 28 heavy (non-hydrogen) atoms. The summed E-state index contributed by atoms with van der Waals surface area (Å²) < 4.78 is 6.44. The van der Waals surface area contributed by atoms with Crippen LogP contribution in [0, 0.1) is 13.8 Å². The van der Waals surface area contributed by atoms with Crippen LogP contribution in [0.3, 0.4) is 0 Å². The lowest BCUT2D eigenvalue weighted by atomic mass is 10.1. The first-order valence-corrected chi connectivity index (χ1v) is 9.69. The lowest BCUT2D eigenvalue weighted by Crippen LogP contribution is -2.20. The first-order chi connectivity index (χ1) is 13.5. The highest BCUT2D eigenvalue weighted by Gasteiger charge is 2.08. The lowest BCUT2D eigenvalue weighted by Gasteiger charge is -2.09. The van der Waals surface area contributed by atoms with Crippen molar-refractivity contribution in [2.75, 3.05) is 18.2 Å². The van der Waals surface area contributed by atoms with E-state index < -0.39 is 0 Å². The molecule has 0 fully saturated rings. The summed E-state index contributed by atoms with van der Waals surface area (Å²) in [5.41, 5.74) is 3.46. The van der Waals surface area contributed by atoms with Gasteiger partial charge in [-0.25, -0.2) is 0 Å². The average Bonchev–Trinajstić information content (AvgIpc) is 2.70. The van der Waals surface area contributed by atoms with Gasteiger partial charge in [-0.3, -0.25) is 9.59 Å². The van der Waals surface area contributed by atoms with Crippen molar-refractivity contribution in [3.05, 3.63) is 76.1 Å². The molecule has 0 bridgehead atoms. The highest BCUT2D eigenvalue weighted by Crippen LogP contribution is 2.18. The summed E-state index contributed by atoms with van der Waals surface area (Å²) in [4.78, 5) is 24.4. The number of carbonyl (C=O) groups excluding carboxylic acids is 1. The molecule has 0 radical (unpaired) electrons. The van der Waals surface area contributed by atoms with Crippen molar-refractivity contribution in [2.24, 2.45) is 0 Å². The smallest absolute Gasteiger partial charge is 0.271 e. The van der Waals surface area contributed by atoms with E-state index in [4.69, 9.17) is 4.74 Å². The third-order valence-electron chi connectivity index (χ3n) is 4.23. The Kier molecular flexibility index (Phi) is 6.16. The highest BCUT2D eigenvalue weighted by molar-refractivity contribution is 7.99. The lowest BCUT2D eigenvalue weighted by molar-refractivity contribution is -0.113. The van der Waals surface area contributed by atoms with Crippen molar-refractivity contribution in [2.45, 2.75) is 18.9 Å². The van der Waals surface area contributed by atoms with E-state index in [1.165, 1.54) is 28.1 Å². The maximum Gasteiger partial charge on any atom is 0.271 e. The second-order valence-corrected chi connectivity index (χ2v) is 7.25. The molecule has 1 amide bonds. The molecule has 0 unspecified atom stereocenters. The number of thioether (sulfide) groups is 1. The molecule has 0 spiro atoms. The van der Waals surface area contributed by atoms with E-state index in [-0.39, 0.29) is 17.2 Å². The first-order valence-electron chi connectivity index (χ1n) is 8.71. The van der Waals surface area contributed by atoms with E-state index in [2.05, 4.69) is 10.4 Å². The van der Waals surface area contributed by atoms with Crippen LogP contribution in [-0.2, 0) is 4.79 Å². The Hall–Kier alpha value is -3.06. The third-order valence-corrected chi connectivity index (χ3v) is 5.15. The quantitative estimate of drug-likeness (QED) is 0.646. The molecule has 1 heterocycles. The molecule has 0 aliphatic rings. The minimum absolute atomic E-state index is 0.128. The van der Waals surface area contributed by atoms with Gasteiger partial charge < -0.3 is 10.1 Å². The van der Waals surface area contributed by atoms with Gasteiger partial charge in [0.1, 0.15) is 10.8 Å². The van der Waals surface area contributed by atoms with Gasteiger partial charge in [0.05, 0.1) is 18.6 Å². The molecule has 1 aromatic heterocycles. The van der Waals surface area contributed by atoms with Crippen LogP contribution in [0.15, 0.2) is 64.4 Å². The van der Waals surface area contributed by atoms with Gasteiger partial charge in [0, 0.05) is 11.8 Å². The van der Waals surface area contributed by atoms with Crippen LogP contribution in [0.25, 0.3) is 5.69 Å². The zero-order valence-corrected chi connectivity index (χ0v) is 16.7. The fourth-order valence-corrected chi connectivity index (χ4v) is 3.19. The van der Waals surface area contributed by atoms with Crippen molar-refractivity contribution in [3.63, 3.8) is 0 Å². The minimum Gasteiger partial charge on any atom is -0.497 e. The maximum absolute atomic E-state index is 12.2. The topological polar surface area (TPSA) is 73.2 Å². The molecule has 0 aliphatic heterocycles. The number of carbonyl (C=O) groups is 1. The Morgan fingerprint density at radius 1 is 1.07 bits per heavy atom. The van der Waals surface area contributed by atoms with Crippen molar-refractivity contribution in [3.8, 4) is 11.4 Å². The minimum atomic E-state index is -0.242. The van der Waals surface area contributed by atoms with Gasteiger partial charge >= 0.3 is 0 Å². The molecule has 2 aromatic carbocycles. The van der Waals surface area contributed by atoms with Crippen LogP contribution < -0.4 is 15.6 Å². The van der Waals surface area contributed by atoms with Gasteiger partial charge in [-0.2, -0.15) is 9.78 Å². The van der Waals surface area contributed by atoms with Crippen LogP contribution in [-0.4, -0.2) is 28.6 Å². The molecule has 144 valence electrons. The number of amides is 1. The Labute approximate surface area is 167 Å². The number of aromatic nitrogens is 2. The number of nitrogens with zero attached hydrogens (tertiary/aromatic N) is 2. The predicted octanol–water partition coefficient (Wildman–Crippen LogP) is 3.59. The second-order valence-electron chi connectivity index (χ2n) is 6.26. The van der Waals surface area contributed by atoms with Gasteiger partial charge in [0.15, 0.2) is 0 Å². The summed E-state index contributed by atoms with van der Waals surface area (Å²) in [5.74, 6) is 0.767. The number of rotatable bonds is 6. The van der Waals surface area contributed by atoms with Crippen LogP contribution in [0.2, 0.25) is 0 Å². The van der Waals surface area contributed by atoms with Gasteiger partial charge in [0.25, 0.3) is 5.56 Å². The van der Waals surface area contributed by atoms with Gasteiger partial charge in [-0.1, -0.05) is 17.8 Å². The zero-order chi connectivity index (χ0) is 20.1. The van der Waals surface area contributed by atoms with Gasteiger partial charge in [0.2, 0.25) is 5.91 Å². The highest BCUT2D eigenvalue weighted by atomic mass is 32.2. The molecule has 3 aromatic rings. The van der Waals surface area contributed by atoms with Crippen LogP contribution in [0.5, 0.6) is 5.75 Å². The molecular weight excluding hydrogens is 374 g/mol. The predicted molar refractivity (Wildman–Crippen MR) is 112 cm³/mol. The molecule has 7 heteroatoms. The molecule has 0 aliphatic carbocycles. The standard InChI is InChI=1S/C21H21N3O3S/c1-14-4-5-16(12-15(14)2)22-19(25)13-28-20-10-11-21(26)24(23-20)17-6-8-18(27-3)9-7-17/h4-12H,13H2,1-3H3,(H,22,25). The van der Waals surface area contributed by atoms with E-state index >= 15 is 0 Å². The van der Waals surface area contributed by atoms with E-state index in [9.17, 15) is 9.59 Å². The second kappa shape index (κ2) is 8.75. The summed E-state index contributed by atoms with van der Waals surface area (Å²) in [7, 11) is 1.58. The molecule has 0 saturated carbocycles. The molecule has 1 N–H and O–H groups in total. The first kappa shape index (κ1) is 19.7. The molecular formula is C21H21N3O3S. The molecule has 3 rings (SSSR count). The number of hydrogen-bond acceptors (Lipinski definition) is 5. The van der Waals surface area contributed by atoms with Crippen molar-refractivity contribution in [1.82, 2.24) is 9.78 Å². The normalized spacial score (nSPS) is 10.5. The van der Waals surface area contributed by atoms with Crippen LogP contribution >= 0.6 is 11.8 Å². The zero-order valence-electron chi connectivity index (χ0n) is 15.9. The Balaban J connectivity index is 1.68. The average molecular weight is 395 g/mol. The van der Waals surface area contributed by atoms with E-state index in [1.54, 1.807) is 37.4 Å². The number of ether oxygens (including phenoxy) is 1. The van der Waals surface area contributed by atoms with Crippen molar-refractivity contribution in [1.29, 1.82) is 0 Å². The molecule has 0 atom stereocenters. The summed E-state index contributed by atoms with van der Waals surface area (Å²) >= 11 is 1.27. The van der Waals surface area contributed by atoms with E-state index in [1.807, 2.05) is 32.0 Å². The Morgan fingerprint density at radius 3 is 2.50 bits per heavy atom. The number of methoxy groups -OCH3 is 1. The summed E-state index contributed by atoms with van der Waals surface area (Å²) in [6.45, 7) is 4.03. The van der Waals surface area contributed by atoms with Gasteiger partial charge in [-0.05, 0) is 67.4 Å². The SMILES string of the molecule is COc1ccc(-n2nc(SCC(=O)Nc3ccc(C)c(C)c3)ccc2=O)cc1. The van der Waals surface area contributed by atoms with Gasteiger partial charge in [-0.15, -0.1) is 0 Å². The Morgan fingerprint density at radius 2 is 1.82 bits per heavy atom. The summed E-state index contributed by atoms with van der Waals surface area (Å²) in [6, 6.07) is 15.9. The van der Waals surface area contributed by atoms with E-state index in [0.717, 1.165) is 11.3 Å². The number of benzene rings is 2. The largest absolute Gasteiger partial charge is 0.497 e. The summed E-state index contributed by atoms with van der Waals surface area (Å²) in [6.07, 6.45) is 0. The fourth-order valence-electron chi connectivity index (χ4n) is 2.54. The molecule has 6 nitrogen and oxygen atoms in total. The molecule has 0 saturated heterocycles. The van der Waals surface area contributed by atoms with Crippen molar-refractivity contribution >= 4 is 23.4 Å². The maximum atomic E-state index is 12.2. The van der Waals surface area contributed by atoms with Crippen LogP contribution in [0.1, 0.15) is 11.1 Å². The fraction of sp³-hybridized carbons (Fsp3) is 0.190. The number of nitrogens with one attached hydrogen (secondary N) is 1. The number of anilines is 1. The van der Waals surface area contributed by atoms with Crippen molar-refractivity contribution < 1.29 is 9.53 Å². The number of aryl methyl sites for hydroxylation is 2. The third kappa shape index (κ3) is 4.80. The summed E-state index contributed by atoms with van der Waals surface area (Å²) in [5, 5.41) is 7.82. The monoisotopic (exact) mass is 395 g/mol. The number of hydrogen-bond donors (Lipinski definition) is 1.